The van der Waals surface area contributed by atoms with Crippen molar-refractivity contribution in [2.24, 2.45) is 5.92 Å². The van der Waals surface area contributed by atoms with E-state index in [1.165, 1.54) is 6.07 Å². The van der Waals surface area contributed by atoms with Gasteiger partial charge in [-0.05, 0) is 48.2 Å². The number of hydrogen-bond acceptors (Lipinski definition) is 3. The fourth-order valence-corrected chi connectivity index (χ4v) is 3.90. The highest BCUT2D eigenvalue weighted by Gasteiger charge is 2.44. The van der Waals surface area contributed by atoms with E-state index in [0.29, 0.717) is 17.7 Å². The smallest absolute Gasteiger partial charge is 0.226 e. The number of halogens is 1. The third-order valence-corrected chi connectivity index (χ3v) is 5.68. The highest BCUT2D eigenvalue weighted by atomic mass is 19.1. The van der Waals surface area contributed by atoms with Crippen LogP contribution in [0.5, 0.6) is 5.75 Å². The number of likely N-dealkylation sites (tertiary alicyclic amines) is 1. The first-order valence-electron chi connectivity index (χ1n) is 10.4. The summed E-state index contributed by atoms with van der Waals surface area (Å²) in [4.78, 5) is 27.6. The molecule has 0 saturated carbocycles. The molecule has 3 rings (SSSR count). The zero-order chi connectivity index (χ0) is 21.7. The fourth-order valence-electron chi connectivity index (χ4n) is 3.90. The minimum absolute atomic E-state index is 0.00852. The van der Waals surface area contributed by atoms with Gasteiger partial charge in [0, 0.05) is 19.5 Å². The van der Waals surface area contributed by atoms with Crippen LogP contribution in [0, 0.1) is 18.7 Å². The Morgan fingerprint density at radius 3 is 2.60 bits per heavy atom. The number of methoxy groups -OCH3 is 1. The predicted octanol–water partition coefficient (Wildman–Crippen LogP) is 4.15. The van der Waals surface area contributed by atoms with Crippen LogP contribution in [0.2, 0.25) is 0 Å². The van der Waals surface area contributed by atoms with Gasteiger partial charge in [0.25, 0.3) is 0 Å². The number of amides is 2. The van der Waals surface area contributed by atoms with Gasteiger partial charge in [-0.2, -0.15) is 0 Å². The van der Waals surface area contributed by atoms with E-state index < -0.39 is 5.92 Å². The van der Waals surface area contributed by atoms with Crippen molar-refractivity contribution in [2.45, 2.75) is 45.7 Å². The summed E-state index contributed by atoms with van der Waals surface area (Å²) in [7, 11) is 1.60. The number of carbonyl (C=O) groups excluding carboxylic acids is 2. The van der Waals surface area contributed by atoms with Crippen LogP contribution in [0.15, 0.2) is 42.5 Å². The molecular weight excluding hydrogens is 383 g/mol. The molecule has 160 valence electrons. The van der Waals surface area contributed by atoms with Gasteiger partial charge in [-0.3, -0.25) is 9.59 Å². The molecule has 0 bridgehead atoms. The summed E-state index contributed by atoms with van der Waals surface area (Å²) in [5, 5.41) is 2.90. The number of nitrogens with zero attached hydrogens (tertiary/aromatic N) is 1. The van der Waals surface area contributed by atoms with Gasteiger partial charge < -0.3 is 15.0 Å². The van der Waals surface area contributed by atoms with E-state index in [9.17, 15) is 14.0 Å². The lowest BCUT2D eigenvalue weighted by Gasteiger charge is -2.28. The number of benzene rings is 2. The molecule has 6 heteroatoms. The predicted molar refractivity (Wildman–Crippen MR) is 113 cm³/mol. The topological polar surface area (TPSA) is 58.6 Å². The number of unbranched alkanes of at least 4 members (excludes halogenated alkanes) is 1. The van der Waals surface area contributed by atoms with Gasteiger partial charge in [0.2, 0.25) is 11.8 Å². The molecule has 1 heterocycles. The average Bonchev–Trinajstić information content (AvgIpc) is 3.09. The van der Waals surface area contributed by atoms with Crippen molar-refractivity contribution in [3.05, 3.63) is 65.0 Å². The quantitative estimate of drug-likeness (QED) is 0.709. The van der Waals surface area contributed by atoms with Crippen molar-refractivity contribution in [3.63, 3.8) is 0 Å². The molecule has 1 aliphatic heterocycles. The van der Waals surface area contributed by atoms with E-state index in [2.05, 4.69) is 12.2 Å². The Morgan fingerprint density at radius 2 is 1.97 bits per heavy atom. The first-order chi connectivity index (χ1) is 14.4. The maximum absolute atomic E-state index is 13.8. The van der Waals surface area contributed by atoms with Gasteiger partial charge in [-0.25, -0.2) is 4.39 Å². The second kappa shape index (κ2) is 9.74. The molecule has 0 aliphatic carbocycles. The van der Waals surface area contributed by atoms with Gasteiger partial charge in [0.05, 0.1) is 19.1 Å². The molecular formula is C24H29FN2O3. The van der Waals surface area contributed by atoms with Gasteiger partial charge >= 0.3 is 0 Å². The molecule has 2 aromatic rings. The lowest BCUT2D eigenvalue weighted by Crippen LogP contribution is -2.35. The number of carbonyl (C=O) groups is 2. The molecule has 30 heavy (non-hydrogen) atoms. The standard InChI is InChI=1S/C24H29FN2O3/c1-4-5-12-27-22(28)14-20(23(27)18-8-10-19(30-3)11-9-18)24(29)26-15-17-7-6-16(2)21(25)13-17/h6-11,13,20,23H,4-5,12,14-15H2,1-3H3,(H,26,29). The molecule has 5 nitrogen and oxygen atoms in total. The number of aryl methyl sites for hydroxylation is 1. The fraction of sp³-hybridized carbons (Fsp3) is 0.417. The summed E-state index contributed by atoms with van der Waals surface area (Å²) in [6.07, 6.45) is 2.03. The average molecular weight is 413 g/mol. The van der Waals surface area contributed by atoms with Crippen molar-refractivity contribution in [1.82, 2.24) is 10.2 Å². The van der Waals surface area contributed by atoms with E-state index in [4.69, 9.17) is 4.74 Å². The molecule has 2 amide bonds. The molecule has 1 aliphatic rings. The van der Waals surface area contributed by atoms with Gasteiger partial charge in [-0.1, -0.05) is 37.6 Å². The summed E-state index contributed by atoms with van der Waals surface area (Å²) >= 11 is 0. The molecule has 0 spiro atoms. The summed E-state index contributed by atoms with van der Waals surface area (Å²) in [6.45, 7) is 4.63. The van der Waals surface area contributed by atoms with Crippen LogP contribution < -0.4 is 10.1 Å². The second-order valence-corrected chi connectivity index (χ2v) is 7.77. The minimum Gasteiger partial charge on any atom is -0.497 e. The van der Waals surface area contributed by atoms with Crippen LogP contribution in [-0.2, 0) is 16.1 Å². The first-order valence-corrected chi connectivity index (χ1v) is 10.4. The number of rotatable bonds is 8. The Bertz CT molecular complexity index is 898. The molecule has 2 atom stereocenters. The summed E-state index contributed by atoms with van der Waals surface area (Å²) in [5.74, 6) is -0.252. The normalized spacial score (nSPS) is 18.5. The monoisotopic (exact) mass is 412 g/mol. The zero-order valence-electron chi connectivity index (χ0n) is 17.8. The van der Waals surface area contributed by atoms with Crippen molar-refractivity contribution < 1.29 is 18.7 Å². The van der Waals surface area contributed by atoms with Crippen LogP contribution in [0.1, 0.15) is 48.9 Å². The molecule has 2 unspecified atom stereocenters. The lowest BCUT2D eigenvalue weighted by atomic mass is 9.92. The Labute approximate surface area is 177 Å². The zero-order valence-corrected chi connectivity index (χ0v) is 17.8. The molecule has 0 aromatic heterocycles. The number of ether oxygens (including phenoxy) is 1. The molecule has 0 radical (unpaired) electrons. The van der Waals surface area contributed by atoms with E-state index >= 15 is 0 Å². The number of hydrogen-bond donors (Lipinski definition) is 1. The Hall–Kier alpha value is -2.89. The van der Waals surface area contributed by atoms with Crippen molar-refractivity contribution in [1.29, 1.82) is 0 Å². The van der Waals surface area contributed by atoms with Gasteiger partial charge in [0.15, 0.2) is 0 Å². The van der Waals surface area contributed by atoms with Crippen LogP contribution in [-0.4, -0.2) is 30.4 Å². The van der Waals surface area contributed by atoms with E-state index in [1.807, 2.05) is 29.2 Å². The van der Waals surface area contributed by atoms with E-state index in [1.54, 1.807) is 26.2 Å². The third kappa shape index (κ3) is 4.81. The van der Waals surface area contributed by atoms with Crippen molar-refractivity contribution >= 4 is 11.8 Å². The maximum Gasteiger partial charge on any atom is 0.226 e. The third-order valence-electron chi connectivity index (χ3n) is 5.68. The van der Waals surface area contributed by atoms with Gasteiger partial charge in [0.1, 0.15) is 11.6 Å². The molecule has 2 aromatic carbocycles. The number of nitrogens with one attached hydrogen (secondary N) is 1. The Morgan fingerprint density at radius 1 is 1.23 bits per heavy atom. The second-order valence-electron chi connectivity index (χ2n) is 7.77. The summed E-state index contributed by atoms with van der Waals surface area (Å²) in [6, 6.07) is 12.1. The minimum atomic E-state index is -0.488. The lowest BCUT2D eigenvalue weighted by molar-refractivity contribution is -0.129. The van der Waals surface area contributed by atoms with E-state index in [0.717, 1.165) is 24.2 Å². The Balaban J connectivity index is 1.79. The first kappa shape index (κ1) is 21.8. The van der Waals surface area contributed by atoms with Crippen LogP contribution in [0.3, 0.4) is 0 Å². The molecule has 1 saturated heterocycles. The van der Waals surface area contributed by atoms with Crippen LogP contribution in [0.25, 0.3) is 0 Å². The van der Waals surface area contributed by atoms with Gasteiger partial charge in [-0.15, -0.1) is 0 Å². The highest BCUT2D eigenvalue weighted by molar-refractivity contribution is 5.90. The Kier molecular flexibility index (Phi) is 7.08. The van der Waals surface area contributed by atoms with E-state index in [-0.39, 0.29) is 36.6 Å². The molecule has 1 N–H and O–H groups in total. The highest BCUT2D eigenvalue weighted by Crippen LogP contribution is 2.39. The van der Waals surface area contributed by atoms with Crippen LogP contribution >= 0.6 is 0 Å². The molecule has 1 fully saturated rings. The summed E-state index contributed by atoms with van der Waals surface area (Å²) < 4.78 is 19.0. The van der Waals surface area contributed by atoms with Crippen molar-refractivity contribution in [2.75, 3.05) is 13.7 Å². The summed E-state index contributed by atoms with van der Waals surface area (Å²) in [5.41, 5.74) is 2.18. The van der Waals surface area contributed by atoms with Crippen molar-refractivity contribution in [3.8, 4) is 5.75 Å². The largest absolute Gasteiger partial charge is 0.497 e. The maximum atomic E-state index is 13.8. The SMILES string of the molecule is CCCCN1C(=O)CC(C(=O)NCc2ccc(C)c(F)c2)C1c1ccc(OC)cc1. The van der Waals surface area contributed by atoms with Crippen LogP contribution in [0.4, 0.5) is 4.39 Å².